The van der Waals surface area contributed by atoms with Gasteiger partial charge in [-0.1, -0.05) is 0 Å². The summed E-state index contributed by atoms with van der Waals surface area (Å²) in [6.07, 6.45) is 0.374. The van der Waals surface area contributed by atoms with Crippen LogP contribution in [0.3, 0.4) is 0 Å². The highest BCUT2D eigenvalue weighted by Crippen LogP contribution is 2.48. The number of amides is 2. The van der Waals surface area contributed by atoms with Gasteiger partial charge < -0.3 is 14.4 Å². The van der Waals surface area contributed by atoms with Crippen molar-refractivity contribution < 1.29 is 32.2 Å². The minimum absolute atomic E-state index is 0.00400. The molecule has 1 aromatic heterocycles. The maximum atomic E-state index is 13.6. The number of thiocarbonyl (C=S) groups is 1. The molecule has 3 heterocycles. The Morgan fingerprint density at radius 1 is 1.12 bits per heavy atom. The van der Waals surface area contributed by atoms with Gasteiger partial charge in [-0.25, -0.2) is 14.8 Å². The molecule has 0 atom stereocenters. The third kappa shape index (κ3) is 5.45. The van der Waals surface area contributed by atoms with E-state index < -0.39 is 34.4 Å². The highest BCUT2D eigenvalue weighted by Gasteiger charge is 2.60. The van der Waals surface area contributed by atoms with Crippen LogP contribution >= 0.6 is 12.2 Å². The molecule has 222 valence electrons. The number of carbonyl (C=O) groups is 2. The first kappa shape index (κ1) is 29.5. The van der Waals surface area contributed by atoms with Crippen LogP contribution in [0.5, 0.6) is 6.01 Å². The van der Waals surface area contributed by atoms with E-state index in [1.807, 2.05) is 20.8 Å². The molecule has 1 spiro atoms. The lowest BCUT2D eigenvalue weighted by atomic mass is 9.75. The standard InChI is InChI=1S/C28H29F3N6O4S/c1-26(2,3)41-25(39)35-11-7-20(8-12-35)40-23-33-15-19(16-34-23)37-24(42)36(22(38)27(37)9-4-10-27)18-6-5-17(14-32)21(13-18)28(29,30)31/h5-6,13,15-16,20H,4,7-12H2,1-3H3. The molecule has 3 aliphatic rings. The summed E-state index contributed by atoms with van der Waals surface area (Å²) in [7, 11) is 0. The number of benzene rings is 1. The second-order valence-electron chi connectivity index (χ2n) is 11.5. The Morgan fingerprint density at radius 3 is 2.29 bits per heavy atom. The summed E-state index contributed by atoms with van der Waals surface area (Å²) >= 11 is 5.63. The van der Waals surface area contributed by atoms with Crippen molar-refractivity contribution in [1.82, 2.24) is 14.9 Å². The van der Waals surface area contributed by atoms with Crippen LogP contribution in [-0.2, 0) is 15.7 Å². The monoisotopic (exact) mass is 602 g/mol. The molecular formula is C28H29F3N6O4S. The predicted molar refractivity (Wildman–Crippen MR) is 149 cm³/mol. The van der Waals surface area contributed by atoms with E-state index in [4.69, 9.17) is 27.0 Å². The summed E-state index contributed by atoms with van der Waals surface area (Å²) in [5, 5.41) is 9.15. The molecular weight excluding hydrogens is 573 g/mol. The highest BCUT2D eigenvalue weighted by atomic mass is 32.1. The predicted octanol–water partition coefficient (Wildman–Crippen LogP) is 5.21. The fourth-order valence-electron chi connectivity index (χ4n) is 5.33. The Kier molecular flexibility index (Phi) is 7.51. The molecule has 1 aromatic carbocycles. The molecule has 0 N–H and O–H groups in total. The smallest absolute Gasteiger partial charge is 0.417 e. The first-order valence-electron chi connectivity index (χ1n) is 13.5. The van der Waals surface area contributed by atoms with Crippen molar-refractivity contribution in [1.29, 1.82) is 5.26 Å². The molecule has 0 radical (unpaired) electrons. The van der Waals surface area contributed by atoms with E-state index in [0.717, 1.165) is 23.5 Å². The molecule has 1 saturated carbocycles. The van der Waals surface area contributed by atoms with Gasteiger partial charge in [-0.05, 0) is 70.5 Å². The van der Waals surface area contributed by atoms with Crippen molar-refractivity contribution in [3.05, 3.63) is 41.7 Å². The highest BCUT2D eigenvalue weighted by molar-refractivity contribution is 7.81. The molecule has 14 heteroatoms. The molecule has 3 fully saturated rings. The fraction of sp³-hybridized carbons (Fsp3) is 0.500. The number of anilines is 2. The lowest BCUT2D eigenvalue weighted by molar-refractivity contribution is -0.137. The van der Waals surface area contributed by atoms with Crippen molar-refractivity contribution in [2.24, 2.45) is 0 Å². The van der Waals surface area contributed by atoms with E-state index in [1.165, 1.54) is 18.5 Å². The molecule has 0 unspecified atom stereocenters. The van der Waals surface area contributed by atoms with Gasteiger partial charge in [0, 0.05) is 25.9 Å². The van der Waals surface area contributed by atoms with Gasteiger partial charge in [0.25, 0.3) is 5.91 Å². The molecule has 42 heavy (non-hydrogen) atoms. The van der Waals surface area contributed by atoms with E-state index in [-0.39, 0.29) is 29.0 Å². The fourth-order valence-corrected chi connectivity index (χ4v) is 5.80. The van der Waals surface area contributed by atoms with Gasteiger partial charge in [-0.15, -0.1) is 0 Å². The molecule has 10 nitrogen and oxygen atoms in total. The van der Waals surface area contributed by atoms with Crippen molar-refractivity contribution in [2.75, 3.05) is 22.9 Å². The van der Waals surface area contributed by atoms with Gasteiger partial charge in [0.1, 0.15) is 17.2 Å². The average molecular weight is 603 g/mol. The van der Waals surface area contributed by atoms with Crippen LogP contribution in [-0.4, -0.2) is 62.3 Å². The summed E-state index contributed by atoms with van der Waals surface area (Å²) in [5.41, 5.74) is -2.97. The molecule has 2 saturated heterocycles. The Bertz CT molecular complexity index is 1440. The van der Waals surface area contributed by atoms with E-state index in [0.29, 0.717) is 44.5 Å². The summed E-state index contributed by atoms with van der Waals surface area (Å²) in [6, 6.07) is 4.77. The number of carbonyl (C=O) groups excluding carboxylic acids is 2. The first-order valence-corrected chi connectivity index (χ1v) is 13.9. The second-order valence-corrected chi connectivity index (χ2v) is 11.9. The molecule has 2 aromatic rings. The largest absolute Gasteiger partial charge is 0.460 e. The van der Waals surface area contributed by atoms with Gasteiger partial charge in [0.2, 0.25) is 0 Å². The number of hydrogen-bond acceptors (Lipinski definition) is 8. The third-order valence-corrected chi connectivity index (χ3v) is 7.88. The van der Waals surface area contributed by atoms with E-state index in [9.17, 15) is 22.8 Å². The number of likely N-dealkylation sites (tertiary alicyclic amines) is 1. The first-order chi connectivity index (χ1) is 19.7. The molecule has 0 bridgehead atoms. The number of nitrogens with zero attached hydrogens (tertiary/aromatic N) is 6. The van der Waals surface area contributed by atoms with Gasteiger partial charge in [0.15, 0.2) is 5.11 Å². The quantitative estimate of drug-likeness (QED) is 0.436. The third-order valence-electron chi connectivity index (χ3n) is 7.52. The zero-order valence-corrected chi connectivity index (χ0v) is 24.1. The number of ether oxygens (including phenoxy) is 2. The molecule has 1 aliphatic carbocycles. The average Bonchev–Trinajstić information content (AvgIpc) is 3.14. The SMILES string of the molecule is CC(C)(C)OC(=O)N1CCC(Oc2ncc(N3C(=S)N(c4ccc(C#N)c(C(F)(F)F)c4)C(=O)C34CCC4)cn2)CC1. The molecule has 2 amide bonds. The normalized spacial score (nSPS) is 19.1. The van der Waals surface area contributed by atoms with Gasteiger partial charge in [-0.3, -0.25) is 14.6 Å². The van der Waals surface area contributed by atoms with Crippen molar-refractivity contribution in [3.8, 4) is 12.1 Å². The number of alkyl halides is 3. The van der Waals surface area contributed by atoms with Crippen molar-refractivity contribution in [3.63, 3.8) is 0 Å². The van der Waals surface area contributed by atoms with Crippen LogP contribution < -0.4 is 14.5 Å². The van der Waals surface area contributed by atoms with Gasteiger partial charge in [-0.2, -0.15) is 18.4 Å². The summed E-state index contributed by atoms with van der Waals surface area (Å²) < 4.78 is 52.3. The Balaban J connectivity index is 1.31. The molecule has 5 rings (SSSR count). The van der Waals surface area contributed by atoms with Gasteiger partial charge >= 0.3 is 18.3 Å². The number of halogens is 3. The van der Waals surface area contributed by atoms with Crippen LogP contribution in [0.4, 0.5) is 29.3 Å². The minimum atomic E-state index is -4.78. The number of aromatic nitrogens is 2. The summed E-state index contributed by atoms with van der Waals surface area (Å²) in [6.45, 7) is 6.37. The summed E-state index contributed by atoms with van der Waals surface area (Å²) in [4.78, 5) is 38.9. The van der Waals surface area contributed by atoms with Crippen LogP contribution in [0.2, 0.25) is 0 Å². The topological polar surface area (TPSA) is 112 Å². The molecule has 2 aliphatic heterocycles. The minimum Gasteiger partial charge on any atom is -0.460 e. The zero-order valence-electron chi connectivity index (χ0n) is 23.3. The van der Waals surface area contributed by atoms with E-state index >= 15 is 0 Å². The van der Waals surface area contributed by atoms with Crippen LogP contribution in [0.1, 0.15) is 64.0 Å². The maximum absolute atomic E-state index is 13.6. The lowest BCUT2D eigenvalue weighted by Gasteiger charge is -2.42. The van der Waals surface area contributed by atoms with Crippen LogP contribution in [0.15, 0.2) is 30.6 Å². The number of piperidine rings is 1. The van der Waals surface area contributed by atoms with Crippen molar-refractivity contribution >= 4 is 40.7 Å². The zero-order chi connectivity index (χ0) is 30.4. The van der Waals surface area contributed by atoms with Crippen LogP contribution in [0.25, 0.3) is 0 Å². The number of hydrogen-bond donors (Lipinski definition) is 0. The Labute approximate surface area is 246 Å². The van der Waals surface area contributed by atoms with Gasteiger partial charge in [0.05, 0.1) is 41.0 Å². The number of rotatable bonds is 4. The Morgan fingerprint density at radius 2 is 1.76 bits per heavy atom. The maximum Gasteiger partial charge on any atom is 0.417 e. The Hall–Kier alpha value is -3.99. The van der Waals surface area contributed by atoms with E-state index in [2.05, 4.69) is 9.97 Å². The summed E-state index contributed by atoms with van der Waals surface area (Å²) in [5.74, 6) is -0.436. The lowest BCUT2D eigenvalue weighted by Crippen LogP contribution is -2.55. The van der Waals surface area contributed by atoms with Crippen molar-refractivity contribution in [2.45, 2.75) is 76.3 Å². The van der Waals surface area contributed by atoms with E-state index in [1.54, 1.807) is 15.9 Å². The van der Waals surface area contributed by atoms with Crippen LogP contribution in [0, 0.1) is 11.3 Å². The number of nitriles is 1. The second kappa shape index (κ2) is 10.7.